The van der Waals surface area contributed by atoms with E-state index < -0.39 is 10.2 Å². The van der Waals surface area contributed by atoms with E-state index in [0.717, 1.165) is 16.8 Å². The Hall–Kier alpha value is -2.53. The molecular weight excluding hydrogens is 380 g/mol. The van der Waals surface area contributed by atoms with E-state index in [1.54, 1.807) is 30.6 Å². The summed E-state index contributed by atoms with van der Waals surface area (Å²) in [5.74, 6) is -0.128. The van der Waals surface area contributed by atoms with Crippen molar-refractivity contribution in [2.45, 2.75) is 11.2 Å². The minimum absolute atomic E-state index is 0.0179. The monoisotopic (exact) mass is 394 g/mol. The van der Waals surface area contributed by atoms with Gasteiger partial charge < -0.3 is 5.32 Å². The molecule has 0 fully saturated rings. The molecule has 5 heteroatoms. The number of hydrogen-bond donors (Lipinski definition) is 1. The number of hydrogen-bond acceptors (Lipinski definition) is 3. The lowest BCUT2D eigenvalue weighted by atomic mass is 9.77. The number of halogens is 1. The van der Waals surface area contributed by atoms with Crippen LogP contribution in [0.15, 0.2) is 65.8 Å². The molecule has 0 spiro atoms. The number of allylic oxidation sites excluding steroid dienone is 1. The molecule has 1 N–H and O–H groups in total. The van der Waals surface area contributed by atoms with Gasteiger partial charge in [-0.05, 0) is 41.8 Å². The maximum Gasteiger partial charge on any atom is 0.242 e. The van der Waals surface area contributed by atoms with Gasteiger partial charge in [-0.3, -0.25) is 14.6 Å². The van der Waals surface area contributed by atoms with Crippen LogP contribution in [0.3, 0.4) is 0 Å². The van der Waals surface area contributed by atoms with E-state index >= 15 is 0 Å². The molecule has 2 aromatic rings. The Balaban J connectivity index is 1.70. The van der Waals surface area contributed by atoms with Crippen LogP contribution in [0.4, 0.5) is 5.69 Å². The van der Waals surface area contributed by atoms with Gasteiger partial charge in [-0.2, -0.15) is 0 Å². The van der Waals surface area contributed by atoms with Crippen LogP contribution in [0.5, 0.6) is 0 Å². The van der Waals surface area contributed by atoms with Crippen molar-refractivity contribution < 1.29 is 9.59 Å². The number of Topliss-reactive ketones (excluding diaryl/α,β-unsaturated/α-hetero) is 1. The number of rotatable bonds is 4. The van der Waals surface area contributed by atoms with Gasteiger partial charge in [0.1, 0.15) is 4.83 Å². The standard InChI is InChI=1S/C20H15BrN2O2/c21-17-15-10-14(6-7-16(15)23-19(17)25)18(24)20(8-9-22-12-20)11-13-4-2-1-3-5-13/h1-10,12,17H,11H2,(H,23,25). The molecule has 2 aliphatic rings. The Morgan fingerprint density at radius 2 is 2.00 bits per heavy atom. The van der Waals surface area contributed by atoms with Crippen LogP contribution in [-0.4, -0.2) is 17.9 Å². The summed E-state index contributed by atoms with van der Waals surface area (Å²) >= 11 is 3.37. The van der Waals surface area contributed by atoms with Gasteiger partial charge in [-0.15, -0.1) is 0 Å². The molecule has 2 unspecified atom stereocenters. The van der Waals surface area contributed by atoms with Gasteiger partial charge in [0, 0.05) is 23.7 Å². The van der Waals surface area contributed by atoms with E-state index in [4.69, 9.17) is 0 Å². The molecule has 2 aliphatic heterocycles. The first-order chi connectivity index (χ1) is 12.1. The fourth-order valence-electron chi connectivity index (χ4n) is 3.28. The van der Waals surface area contributed by atoms with Gasteiger partial charge >= 0.3 is 0 Å². The normalized spacial score (nSPS) is 23.6. The number of fused-ring (bicyclic) bond motifs is 1. The molecule has 0 aromatic heterocycles. The Labute approximate surface area is 153 Å². The molecule has 1 amide bonds. The average Bonchev–Trinajstić information content (AvgIpc) is 3.21. The van der Waals surface area contributed by atoms with Crippen LogP contribution in [0.1, 0.15) is 26.3 Å². The molecular formula is C20H15BrN2O2. The number of carbonyl (C=O) groups is 2. The number of carbonyl (C=O) groups excluding carboxylic acids is 2. The zero-order valence-corrected chi connectivity index (χ0v) is 14.9. The summed E-state index contributed by atoms with van der Waals surface area (Å²) in [6.45, 7) is 0. The first kappa shape index (κ1) is 16.0. The first-order valence-corrected chi connectivity index (χ1v) is 8.90. The lowest BCUT2D eigenvalue weighted by Gasteiger charge is -2.23. The Morgan fingerprint density at radius 3 is 2.72 bits per heavy atom. The quantitative estimate of drug-likeness (QED) is 0.627. The van der Waals surface area contributed by atoms with E-state index in [2.05, 4.69) is 26.2 Å². The summed E-state index contributed by atoms with van der Waals surface area (Å²) in [5.41, 5.74) is 2.41. The molecule has 25 heavy (non-hydrogen) atoms. The number of ketones is 1. The number of amides is 1. The number of alkyl halides is 1. The molecule has 0 aliphatic carbocycles. The third-order valence-corrected chi connectivity index (χ3v) is 5.51. The highest BCUT2D eigenvalue weighted by Crippen LogP contribution is 2.39. The SMILES string of the molecule is O=C1Nc2ccc(C(=O)C3(Cc4ccccc4)C=CN=C3)cc2C1Br. The molecule has 0 radical (unpaired) electrons. The predicted molar refractivity (Wildman–Crippen MR) is 101 cm³/mol. The van der Waals surface area contributed by atoms with Crippen molar-refractivity contribution >= 4 is 39.5 Å². The topological polar surface area (TPSA) is 58.5 Å². The van der Waals surface area contributed by atoms with Crippen LogP contribution < -0.4 is 5.32 Å². The second kappa shape index (κ2) is 6.08. The third kappa shape index (κ3) is 2.74. The van der Waals surface area contributed by atoms with Crippen molar-refractivity contribution in [1.29, 1.82) is 0 Å². The zero-order valence-electron chi connectivity index (χ0n) is 13.3. The maximum atomic E-state index is 13.3. The highest BCUT2D eigenvalue weighted by Gasteiger charge is 2.38. The van der Waals surface area contributed by atoms with E-state index in [1.807, 2.05) is 36.4 Å². The van der Waals surface area contributed by atoms with Crippen molar-refractivity contribution in [1.82, 2.24) is 0 Å². The van der Waals surface area contributed by atoms with Crippen LogP contribution in [-0.2, 0) is 11.2 Å². The van der Waals surface area contributed by atoms with Crippen molar-refractivity contribution in [2.24, 2.45) is 10.4 Å². The largest absolute Gasteiger partial charge is 0.325 e. The van der Waals surface area contributed by atoms with Crippen molar-refractivity contribution in [3.8, 4) is 0 Å². The molecule has 2 atom stereocenters. The van der Waals surface area contributed by atoms with Crippen LogP contribution in [0.25, 0.3) is 0 Å². The van der Waals surface area contributed by atoms with Crippen molar-refractivity contribution in [2.75, 3.05) is 5.32 Å². The Bertz CT molecular complexity index is 907. The zero-order chi connectivity index (χ0) is 17.4. The van der Waals surface area contributed by atoms with Crippen LogP contribution in [0.2, 0.25) is 0 Å². The van der Waals surface area contributed by atoms with Crippen molar-refractivity contribution in [3.05, 3.63) is 77.5 Å². The summed E-state index contributed by atoms with van der Waals surface area (Å²) in [7, 11) is 0. The smallest absolute Gasteiger partial charge is 0.242 e. The Kier molecular flexibility index (Phi) is 3.88. The fourth-order valence-corrected chi connectivity index (χ4v) is 3.77. The number of anilines is 1. The van der Waals surface area contributed by atoms with E-state index in [0.29, 0.717) is 12.0 Å². The van der Waals surface area contributed by atoms with E-state index in [1.165, 1.54) is 0 Å². The third-order valence-electron chi connectivity index (χ3n) is 4.60. The summed E-state index contributed by atoms with van der Waals surface area (Å²) < 4.78 is 0. The van der Waals surface area contributed by atoms with Gasteiger partial charge in [0.25, 0.3) is 0 Å². The molecule has 0 bridgehead atoms. The molecule has 2 heterocycles. The fraction of sp³-hybridized carbons (Fsp3) is 0.150. The second-order valence-corrected chi connectivity index (χ2v) is 7.20. The van der Waals surface area contributed by atoms with Crippen LogP contribution >= 0.6 is 15.9 Å². The van der Waals surface area contributed by atoms with Gasteiger partial charge in [0.05, 0.1) is 5.41 Å². The molecule has 124 valence electrons. The van der Waals surface area contributed by atoms with Crippen molar-refractivity contribution in [3.63, 3.8) is 0 Å². The second-order valence-electron chi connectivity index (χ2n) is 6.28. The van der Waals surface area contributed by atoms with Gasteiger partial charge in [0.2, 0.25) is 5.91 Å². The van der Waals surface area contributed by atoms with Gasteiger partial charge in [-0.1, -0.05) is 46.3 Å². The summed E-state index contributed by atoms with van der Waals surface area (Å²) in [4.78, 5) is 28.8. The van der Waals surface area contributed by atoms with Crippen LogP contribution in [0, 0.1) is 5.41 Å². The van der Waals surface area contributed by atoms with E-state index in [-0.39, 0.29) is 11.7 Å². The highest BCUT2D eigenvalue weighted by atomic mass is 79.9. The summed E-state index contributed by atoms with van der Waals surface area (Å²) in [6, 6.07) is 15.2. The highest BCUT2D eigenvalue weighted by molar-refractivity contribution is 9.09. The summed E-state index contributed by atoms with van der Waals surface area (Å²) in [5, 5.41) is 2.79. The first-order valence-electron chi connectivity index (χ1n) is 7.99. The lowest BCUT2D eigenvalue weighted by molar-refractivity contribution is -0.115. The molecule has 0 saturated carbocycles. The summed E-state index contributed by atoms with van der Waals surface area (Å²) in [6.07, 6.45) is 5.79. The molecule has 4 rings (SSSR count). The minimum atomic E-state index is -0.784. The average molecular weight is 395 g/mol. The number of nitrogens with zero attached hydrogens (tertiary/aromatic N) is 1. The minimum Gasteiger partial charge on any atom is -0.325 e. The number of aliphatic imine (C=N–C) groups is 1. The lowest BCUT2D eigenvalue weighted by Crippen LogP contribution is -2.32. The molecule has 4 nitrogen and oxygen atoms in total. The van der Waals surface area contributed by atoms with Gasteiger partial charge in [0.15, 0.2) is 5.78 Å². The number of benzene rings is 2. The van der Waals surface area contributed by atoms with E-state index in [9.17, 15) is 9.59 Å². The van der Waals surface area contributed by atoms with Gasteiger partial charge in [-0.25, -0.2) is 0 Å². The number of nitrogens with one attached hydrogen (secondary N) is 1. The molecule has 2 aromatic carbocycles. The Morgan fingerprint density at radius 1 is 1.20 bits per heavy atom. The molecule has 0 saturated heterocycles. The predicted octanol–water partition coefficient (Wildman–Crippen LogP) is 4.08. The maximum absolute atomic E-state index is 13.3.